The first-order chi connectivity index (χ1) is 9.95. The summed E-state index contributed by atoms with van der Waals surface area (Å²) in [4.78, 5) is 13.4. The molecule has 0 aliphatic rings. The van der Waals surface area contributed by atoms with E-state index in [2.05, 4.69) is 47.9 Å². The summed E-state index contributed by atoms with van der Waals surface area (Å²) >= 11 is 6.26. The summed E-state index contributed by atoms with van der Waals surface area (Å²) in [6.45, 7) is 6.93. The normalized spacial score (nSPS) is 12.0. The SMILES string of the molecule is CC(C)(C)c1nc(Cl)c2ncn(Cc3ccccc3)c2n1. The van der Waals surface area contributed by atoms with Gasteiger partial charge in [-0.3, -0.25) is 0 Å². The van der Waals surface area contributed by atoms with Crippen LogP contribution in [0.5, 0.6) is 0 Å². The van der Waals surface area contributed by atoms with Gasteiger partial charge in [0.1, 0.15) is 11.3 Å². The Kier molecular flexibility index (Phi) is 3.41. The van der Waals surface area contributed by atoms with E-state index in [4.69, 9.17) is 11.6 Å². The van der Waals surface area contributed by atoms with Crippen molar-refractivity contribution in [2.24, 2.45) is 0 Å². The van der Waals surface area contributed by atoms with Gasteiger partial charge in [-0.15, -0.1) is 0 Å². The molecule has 0 bridgehead atoms. The predicted molar refractivity (Wildman–Crippen MR) is 84.6 cm³/mol. The van der Waals surface area contributed by atoms with Crippen LogP contribution in [0.3, 0.4) is 0 Å². The lowest BCUT2D eigenvalue weighted by atomic mass is 9.96. The van der Waals surface area contributed by atoms with Crippen molar-refractivity contribution >= 4 is 22.8 Å². The Balaban J connectivity index is 2.10. The second-order valence-electron chi connectivity index (χ2n) is 6.12. The topological polar surface area (TPSA) is 43.6 Å². The molecule has 0 aliphatic heterocycles. The van der Waals surface area contributed by atoms with E-state index in [1.54, 1.807) is 6.33 Å². The molecule has 0 fully saturated rings. The Hall–Kier alpha value is -1.94. The standard InChI is InChI=1S/C16H17ClN4/c1-16(2,3)15-19-13(17)12-14(20-15)21(10-18-12)9-11-7-5-4-6-8-11/h4-8,10H,9H2,1-3H3. The Morgan fingerprint density at radius 1 is 1.10 bits per heavy atom. The summed E-state index contributed by atoms with van der Waals surface area (Å²) in [5, 5.41) is 0.414. The van der Waals surface area contributed by atoms with Gasteiger partial charge >= 0.3 is 0 Å². The van der Waals surface area contributed by atoms with Gasteiger partial charge in [-0.2, -0.15) is 0 Å². The van der Waals surface area contributed by atoms with Crippen molar-refractivity contribution in [3.05, 3.63) is 53.2 Å². The summed E-state index contributed by atoms with van der Waals surface area (Å²) in [6.07, 6.45) is 1.77. The monoisotopic (exact) mass is 300 g/mol. The lowest BCUT2D eigenvalue weighted by Crippen LogP contribution is -2.16. The van der Waals surface area contributed by atoms with Gasteiger partial charge in [-0.1, -0.05) is 62.7 Å². The molecular formula is C16H17ClN4. The van der Waals surface area contributed by atoms with Gasteiger partial charge in [0.05, 0.1) is 12.9 Å². The molecular weight excluding hydrogens is 284 g/mol. The lowest BCUT2D eigenvalue weighted by molar-refractivity contribution is 0.547. The molecule has 0 saturated carbocycles. The van der Waals surface area contributed by atoms with Crippen molar-refractivity contribution in [3.8, 4) is 0 Å². The number of hydrogen-bond donors (Lipinski definition) is 0. The Morgan fingerprint density at radius 2 is 1.81 bits per heavy atom. The number of benzene rings is 1. The molecule has 2 aromatic heterocycles. The first-order valence-corrected chi connectivity index (χ1v) is 7.26. The fourth-order valence-corrected chi connectivity index (χ4v) is 2.35. The second-order valence-corrected chi connectivity index (χ2v) is 6.48. The van der Waals surface area contributed by atoms with E-state index in [0.29, 0.717) is 17.2 Å². The summed E-state index contributed by atoms with van der Waals surface area (Å²) in [6, 6.07) is 10.2. The van der Waals surface area contributed by atoms with Gasteiger partial charge in [0, 0.05) is 5.41 Å². The van der Waals surface area contributed by atoms with Crippen LogP contribution in [-0.4, -0.2) is 19.5 Å². The third-order valence-electron chi connectivity index (χ3n) is 3.29. The minimum Gasteiger partial charge on any atom is -0.311 e. The van der Waals surface area contributed by atoms with Gasteiger partial charge in [-0.05, 0) is 5.56 Å². The van der Waals surface area contributed by atoms with Crippen LogP contribution in [-0.2, 0) is 12.0 Å². The van der Waals surface area contributed by atoms with Gasteiger partial charge in [0.15, 0.2) is 10.8 Å². The van der Waals surface area contributed by atoms with Crippen LogP contribution in [0.4, 0.5) is 0 Å². The van der Waals surface area contributed by atoms with Crippen LogP contribution < -0.4 is 0 Å². The highest BCUT2D eigenvalue weighted by atomic mass is 35.5. The number of aromatic nitrogens is 4. The van der Waals surface area contributed by atoms with Crippen LogP contribution in [0.1, 0.15) is 32.2 Å². The molecule has 5 heteroatoms. The predicted octanol–water partition coefficient (Wildman–Crippen LogP) is 3.83. The van der Waals surface area contributed by atoms with Gasteiger partial charge in [0.25, 0.3) is 0 Å². The molecule has 1 aromatic carbocycles. The summed E-state index contributed by atoms with van der Waals surface area (Å²) in [5.41, 5.74) is 2.48. The number of fused-ring (bicyclic) bond motifs is 1. The molecule has 108 valence electrons. The van der Waals surface area contributed by atoms with E-state index in [9.17, 15) is 0 Å². The zero-order valence-electron chi connectivity index (χ0n) is 12.3. The fourth-order valence-electron chi connectivity index (χ4n) is 2.14. The molecule has 0 atom stereocenters. The van der Waals surface area contributed by atoms with Crippen molar-refractivity contribution in [1.29, 1.82) is 0 Å². The number of nitrogens with zero attached hydrogens (tertiary/aromatic N) is 4. The first-order valence-electron chi connectivity index (χ1n) is 6.88. The van der Waals surface area contributed by atoms with Crippen LogP contribution >= 0.6 is 11.6 Å². The van der Waals surface area contributed by atoms with Crippen LogP contribution in [0, 0.1) is 0 Å². The average molecular weight is 301 g/mol. The van der Waals surface area contributed by atoms with E-state index >= 15 is 0 Å². The van der Waals surface area contributed by atoms with E-state index in [1.165, 1.54) is 5.56 Å². The zero-order valence-corrected chi connectivity index (χ0v) is 13.1. The quantitative estimate of drug-likeness (QED) is 0.676. The third-order valence-corrected chi connectivity index (χ3v) is 3.55. The summed E-state index contributed by atoms with van der Waals surface area (Å²) < 4.78 is 2.01. The minimum atomic E-state index is -0.153. The van der Waals surface area contributed by atoms with E-state index in [1.807, 2.05) is 22.8 Å². The van der Waals surface area contributed by atoms with Gasteiger partial charge in [-0.25, -0.2) is 15.0 Å². The molecule has 21 heavy (non-hydrogen) atoms. The fraction of sp³-hybridized carbons (Fsp3) is 0.312. The summed E-state index contributed by atoms with van der Waals surface area (Å²) in [5.74, 6) is 0.731. The molecule has 0 N–H and O–H groups in total. The van der Waals surface area contributed by atoms with E-state index < -0.39 is 0 Å². The molecule has 0 saturated heterocycles. The number of hydrogen-bond acceptors (Lipinski definition) is 3. The number of halogens is 1. The Morgan fingerprint density at radius 3 is 2.48 bits per heavy atom. The van der Waals surface area contributed by atoms with Crippen molar-refractivity contribution in [3.63, 3.8) is 0 Å². The second kappa shape index (κ2) is 5.11. The largest absolute Gasteiger partial charge is 0.311 e. The molecule has 2 heterocycles. The number of rotatable bonds is 2. The maximum atomic E-state index is 6.26. The van der Waals surface area contributed by atoms with E-state index in [0.717, 1.165) is 11.5 Å². The zero-order chi connectivity index (χ0) is 15.0. The molecule has 0 spiro atoms. The molecule has 0 unspecified atom stereocenters. The minimum absolute atomic E-state index is 0.153. The molecule has 3 rings (SSSR count). The highest BCUT2D eigenvalue weighted by molar-refractivity contribution is 6.33. The number of imidazole rings is 1. The highest BCUT2D eigenvalue weighted by Gasteiger charge is 2.21. The van der Waals surface area contributed by atoms with Crippen LogP contribution in [0.25, 0.3) is 11.2 Å². The van der Waals surface area contributed by atoms with Gasteiger partial charge in [0.2, 0.25) is 0 Å². The van der Waals surface area contributed by atoms with Crippen LogP contribution in [0.2, 0.25) is 5.15 Å². The molecule has 0 radical (unpaired) electrons. The van der Waals surface area contributed by atoms with E-state index in [-0.39, 0.29) is 5.41 Å². The maximum absolute atomic E-state index is 6.26. The van der Waals surface area contributed by atoms with Crippen molar-refractivity contribution in [1.82, 2.24) is 19.5 Å². The molecule has 0 aliphatic carbocycles. The molecule has 3 aromatic rings. The molecule has 4 nitrogen and oxygen atoms in total. The average Bonchev–Trinajstić information content (AvgIpc) is 2.83. The Bertz CT molecular complexity index is 772. The van der Waals surface area contributed by atoms with Crippen molar-refractivity contribution in [2.75, 3.05) is 0 Å². The van der Waals surface area contributed by atoms with Crippen molar-refractivity contribution in [2.45, 2.75) is 32.7 Å². The third kappa shape index (κ3) is 2.76. The highest BCUT2D eigenvalue weighted by Crippen LogP contribution is 2.25. The van der Waals surface area contributed by atoms with Crippen LogP contribution in [0.15, 0.2) is 36.7 Å². The maximum Gasteiger partial charge on any atom is 0.165 e. The first kappa shape index (κ1) is 14.0. The smallest absolute Gasteiger partial charge is 0.165 e. The van der Waals surface area contributed by atoms with Crippen molar-refractivity contribution < 1.29 is 0 Å². The molecule has 0 amide bonds. The Labute approximate surface area is 128 Å². The van der Waals surface area contributed by atoms with Gasteiger partial charge < -0.3 is 4.57 Å². The lowest BCUT2D eigenvalue weighted by Gasteiger charge is -2.16. The summed E-state index contributed by atoms with van der Waals surface area (Å²) in [7, 11) is 0.